The first kappa shape index (κ1) is 26.5. The zero-order valence-electron chi connectivity index (χ0n) is 18.8. The van der Waals surface area contributed by atoms with E-state index in [1.54, 1.807) is 6.92 Å². The van der Waals surface area contributed by atoms with E-state index in [1.807, 2.05) is 0 Å². The molecular formula is C22H24N2O9S. The van der Waals surface area contributed by atoms with Crippen molar-refractivity contribution in [1.29, 1.82) is 5.39 Å². The Hall–Kier alpha value is -3.72. The molecule has 2 aromatic carbocycles. The number of nitrogens with zero attached hydrogens (tertiary/aromatic N) is 2. The standard InChI is InChI=1S/C22H24N2O9S/c1-4-13(11-14(21(28)32-3)10-12(2)20(26)27)22(29)33-34(30,31)18-7-5-6-16-15(18)8-9-17(24-23)19(16)25/h5-9,12-14H,4,10-11H2,1-3H3,(H-,25,26,27). The number of rotatable bonds is 10. The first-order valence-corrected chi connectivity index (χ1v) is 11.7. The number of methoxy groups -OCH3 is 1. The lowest BCUT2D eigenvalue weighted by Gasteiger charge is -2.21. The first-order valence-electron chi connectivity index (χ1n) is 10.3. The molecular weight excluding hydrogens is 468 g/mol. The first-order chi connectivity index (χ1) is 16.0. The second-order valence-corrected chi connectivity index (χ2v) is 9.27. The van der Waals surface area contributed by atoms with E-state index in [0.29, 0.717) is 0 Å². The third-order valence-electron chi connectivity index (χ3n) is 5.51. The van der Waals surface area contributed by atoms with Crippen LogP contribution in [0.25, 0.3) is 15.7 Å². The molecule has 3 atom stereocenters. The van der Waals surface area contributed by atoms with Crippen molar-refractivity contribution in [3.8, 4) is 5.75 Å². The van der Waals surface area contributed by atoms with Crippen molar-refractivity contribution in [1.82, 2.24) is 0 Å². The van der Waals surface area contributed by atoms with Gasteiger partial charge in [0.1, 0.15) is 4.90 Å². The van der Waals surface area contributed by atoms with E-state index in [-0.39, 0.29) is 35.7 Å². The van der Waals surface area contributed by atoms with Crippen LogP contribution < -0.4 is 5.11 Å². The highest BCUT2D eigenvalue weighted by Crippen LogP contribution is 2.36. The molecule has 1 N–H and O–H groups in total. The van der Waals surface area contributed by atoms with Crippen molar-refractivity contribution in [3.05, 3.63) is 35.3 Å². The molecule has 0 spiro atoms. The van der Waals surface area contributed by atoms with Crippen LogP contribution in [0.3, 0.4) is 0 Å². The second-order valence-electron chi connectivity index (χ2n) is 7.76. The maximum absolute atomic E-state index is 12.9. The zero-order valence-corrected chi connectivity index (χ0v) is 19.6. The number of aliphatic carboxylic acids is 1. The Kier molecular flexibility index (Phi) is 8.53. The molecule has 182 valence electrons. The average Bonchev–Trinajstić information content (AvgIpc) is 2.80. The molecule has 0 saturated carbocycles. The van der Waals surface area contributed by atoms with E-state index in [9.17, 15) is 27.9 Å². The normalized spacial score (nSPS) is 13.9. The van der Waals surface area contributed by atoms with Gasteiger partial charge in [0.05, 0.1) is 24.9 Å². The van der Waals surface area contributed by atoms with E-state index in [1.165, 1.54) is 25.1 Å². The summed E-state index contributed by atoms with van der Waals surface area (Å²) in [4.78, 5) is 38.5. The number of carboxylic acid groups (broad SMARTS) is 1. The number of carbonyl (C=O) groups excluding carboxylic acids is 2. The summed E-state index contributed by atoms with van der Waals surface area (Å²) in [6.45, 7) is 3.00. The zero-order chi connectivity index (χ0) is 25.6. The number of hydrogen-bond donors (Lipinski definition) is 1. The fourth-order valence-electron chi connectivity index (χ4n) is 3.56. The number of diazo groups is 1. The fraction of sp³-hybridized carbons (Fsp3) is 0.409. The van der Waals surface area contributed by atoms with E-state index in [0.717, 1.165) is 19.2 Å². The molecule has 0 heterocycles. The van der Waals surface area contributed by atoms with Gasteiger partial charge in [-0.15, -0.1) is 0 Å². The minimum atomic E-state index is -4.67. The lowest BCUT2D eigenvalue weighted by atomic mass is 9.86. The molecule has 3 unspecified atom stereocenters. The van der Waals surface area contributed by atoms with Crippen molar-refractivity contribution in [2.24, 2.45) is 17.8 Å². The number of hydrogen-bond acceptors (Lipinski definition) is 9. The number of carboxylic acids is 1. The Bertz CT molecular complexity index is 1250. The van der Waals surface area contributed by atoms with Crippen LogP contribution in [0.4, 0.5) is 5.69 Å². The van der Waals surface area contributed by atoms with Gasteiger partial charge >= 0.3 is 33.7 Å². The van der Waals surface area contributed by atoms with Crippen LogP contribution in [0.2, 0.25) is 0 Å². The van der Waals surface area contributed by atoms with Crippen LogP contribution >= 0.6 is 0 Å². The van der Waals surface area contributed by atoms with Gasteiger partial charge in [0.15, 0.2) is 4.98 Å². The molecule has 0 saturated heterocycles. The van der Waals surface area contributed by atoms with Crippen molar-refractivity contribution >= 4 is 44.5 Å². The molecule has 34 heavy (non-hydrogen) atoms. The molecule has 0 aliphatic heterocycles. The summed E-state index contributed by atoms with van der Waals surface area (Å²) >= 11 is 0. The molecule has 0 bridgehead atoms. The quantitative estimate of drug-likeness (QED) is 0.295. The predicted molar refractivity (Wildman–Crippen MR) is 117 cm³/mol. The molecule has 0 aliphatic carbocycles. The lowest BCUT2D eigenvalue weighted by molar-refractivity contribution is -0.264. The average molecular weight is 493 g/mol. The Morgan fingerprint density at radius 3 is 2.32 bits per heavy atom. The molecule has 0 fully saturated rings. The number of ether oxygens (including phenoxy) is 1. The van der Waals surface area contributed by atoms with E-state index in [4.69, 9.17) is 19.4 Å². The summed E-state index contributed by atoms with van der Waals surface area (Å²) in [5.74, 6) is -6.57. The van der Waals surface area contributed by atoms with E-state index < -0.39 is 56.4 Å². The third kappa shape index (κ3) is 5.79. The van der Waals surface area contributed by atoms with Crippen LogP contribution in [-0.2, 0) is 33.4 Å². The topological polar surface area (TPSA) is 175 Å². The van der Waals surface area contributed by atoms with Gasteiger partial charge in [0, 0.05) is 11.5 Å². The minimum absolute atomic E-state index is 0.0246. The number of esters is 1. The monoisotopic (exact) mass is 492 g/mol. The fourth-order valence-corrected chi connectivity index (χ4v) is 4.70. The largest absolute Gasteiger partial charge is 0.867 e. The number of fused-ring (bicyclic) bond motifs is 1. The van der Waals surface area contributed by atoms with Crippen LogP contribution in [0.15, 0.2) is 35.2 Å². The third-order valence-corrected chi connectivity index (χ3v) is 6.79. The van der Waals surface area contributed by atoms with Crippen LogP contribution in [0, 0.1) is 23.1 Å². The predicted octanol–water partition coefficient (Wildman–Crippen LogP) is 2.95. The van der Waals surface area contributed by atoms with Gasteiger partial charge in [-0.1, -0.05) is 26.0 Å². The SMILES string of the molecule is CCC(CC(CC(C)C(=O)O)C(=O)OC)C(=O)OS(=O)(=O)c1cccc2c([O-])c([N+]#N)ccc12. The number of benzene rings is 2. The Balaban J connectivity index is 2.33. The van der Waals surface area contributed by atoms with Crippen molar-refractivity contribution in [3.63, 3.8) is 0 Å². The highest BCUT2D eigenvalue weighted by Gasteiger charge is 2.33. The molecule has 11 nitrogen and oxygen atoms in total. The van der Waals surface area contributed by atoms with E-state index in [2.05, 4.69) is 4.98 Å². The Morgan fingerprint density at radius 2 is 1.76 bits per heavy atom. The van der Waals surface area contributed by atoms with Gasteiger partial charge < -0.3 is 19.1 Å². The van der Waals surface area contributed by atoms with Crippen molar-refractivity contribution in [2.45, 2.75) is 38.0 Å². The van der Waals surface area contributed by atoms with Crippen LogP contribution in [0.5, 0.6) is 5.75 Å². The van der Waals surface area contributed by atoms with Gasteiger partial charge in [0.2, 0.25) is 5.39 Å². The molecule has 0 amide bonds. The van der Waals surface area contributed by atoms with Crippen LogP contribution in [-0.4, -0.2) is 38.5 Å². The van der Waals surface area contributed by atoms with Crippen molar-refractivity contribution < 1.29 is 41.9 Å². The van der Waals surface area contributed by atoms with Gasteiger partial charge in [-0.2, -0.15) is 8.42 Å². The Labute approximate surface area is 196 Å². The maximum atomic E-state index is 12.9. The molecule has 0 aliphatic rings. The molecule has 12 heteroatoms. The van der Waals surface area contributed by atoms with Gasteiger partial charge in [-0.25, -0.2) is 0 Å². The molecule has 0 aromatic heterocycles. The van der Waals surface area contributed by atoms with E-state index >= 15 is 0 Å². The summed E-state index contributed by atoms with van der Waals surface area (Å²) in [6.07, 6.45) is -0.159. The highest BCUT2D eigenvalue weighted by atomic mass is 32.2. The Morgan fingerprint density at radius 1 is 1.09 bits per heavy atom. The summed E-state index contributed by atoms with van der Waals surface area (Å²) in [7, 11) is -3.54. The summed E-state index contributed by atoms with van der Waals surface area (Å²) < 4.78 is 35.3. The molecule has 2 rings (SSSR count). The molecule has 0 radical (unpaired) electrons. The second kappa shape index (κ2) is 10.9. The van der Waals surface area contributed by atoms with Crippen LogP contribution in [0.1, 0.15) is 33.1 Å². The number of carbonyl (C=O) groups is 3. The minimum Gasteiger partial charge on any atom is -0.867 e. The maximum Gasteiger partial charge on any atom is 0.378 e. The summed E-state index contributed by atoms with van der Waals surface area (Å²) in [5.41, 5.74) is -0.283. The highest BCUT2D eigenvalue weighted by molar-refractivity contribution is 7.87. The smallest absolute Gasteiger partial charge is 0.378 e. The molecule has 2 aromatic rings. The lowest BCUT2D eigenvalue weighted by Crippen LogP contribution is -2.29. The summed E-state index contributed by atoms with van der Waals surface area (Å²) in [5, 5.41) is 30.3. The van der Waals surface area contributed by atoms with Gasteiger partial charge in [0.25, 0.3) is 0 Å². The van der Waals surface area contributed by atoms with Crippen molar-refractivity contribution in [2.75, 3.05) is 7.11 Å². The summed E-state index contributed by atoms with van der Waals surface area (Å²) in [6, 6.07) is 6.16. The van der Waals surface area contributed by atoms with Gasteiger partial charge in [-0.05, 0) is 42.5 Å². The van der Waals surface area contributed by atoms with Gasteiger partial charge in [-0.3, -0.25) is 14.4 Å².